The van der Waals surface area contributed by atoms with Crippen LogP contribution in [0.2, 0.25) is 0 Å². The Kier molecular flexibility index (Phi) is 5.79. The molecule has 2 atom stereocenters. The fourth-order valence-corrected chi connectivity index (χ4v) is 3.86. The van der Waals surface area contributed by atoms with Crippen LogP contribution in [0.25, 0.3) is 0 Å². The average Bonchev–Trinajstić information content (AvgIpc) is 3.21. The monoisotopic (exact) mass is 310 g/mol. The zero-order valence-electron chi connectivity index (χ0n) is 12.9. The quantitative estimate of drug-likeness (QED) is 0.688. The second-order valence-corrected chi connectivity index (χ2v) is 7.45. The maximum absolute atomic E-state index is 12.2. The number of nitrogens with one attached hydrogen (secondary N) is 2. The maximum atomic E-state index is 12.2. The summed E-state index contributed by atoms with van der Waals surface area (Å²) in [5.74, 6) is 0.519. The predicted octanol–water partition coefficient (Wildman–Crippen LogP) is 2.31. The Morgan fingerprint density at radius 3 is 2.48 bits per heavy atom. The molecule has 0 amide bonds. The van der Waals surface area contributed by atoms with Gasteiger partial charge in [-0.2, -0.15) is 0 Å². The van der Waals surface area contributed by atoms with E-state index >= 15 is 0 Å². The van der Waals surface area contributed by atoms with Crippen LogP contribution in [-0.2, 0) is 16.4 Å². The Labute approximate surface area is 128 Å². The molecular weight excluding hydrogens is 284 g/mol. The van der Waals surface area contributed by atoms with Crippen molar-refractivity contribution < 1.29 is 8.42 Å². The Morgan fingerprint density at radius 1 is 1.19 bits per heavy atom. The zero-order valence-corrected chi connectivity index (χ0v) is 13.7. The third-order valence-corrected chi connectivity index (χ3v) is 5.56. The summed E-state index contributed by atoms with van der Waals surface area (Å²) in [6.45, 7) is 6.18. The van der Waals surface area contributed by atoms with E-state index in [2.05, 4.69) is 23.9 Å². The number of aryl methyl sites for hydroxylation is 1. The molecule has 2 rings (SSSR count). The van der Waals surface area contributed by atoms with Gasteiger partial charge in [-0.15, -0.1) is 0 Å². The van der Waals surface area contributed by atoms with E-state index in [0.29, 0.717) is 10.8 Å². The minimum Gasteiger partial charge on any atom is -0.317 e. The summed E-state index contributed by atoms with van der Waals surface area (Å²) in [6.07, 6.45) is 4.05. The molecule has 118 valence electrons. The van der Waals surface area contributed by atoms with Crippen molar-refractivity contribution in [1.82, 2.24) is 10.0 Å². The summed E-state index contributed by atoms with van der Waals surface area (Å²) in [5.41, 5.74) is 1.18. The molecule has 21 heavy (non-hydrogen) atoms. The molecule has 1 fully saturated rings. The van der Waals surface area contributed by atoms with Crippen molar-refractivity contribution in [3.8, 4) is 0 Å². The van der Waals surface area contributed by atoms with E-state index in [1.165, 1.54) is 5.56 Å². The van der Waals surface area contributed by atoms with Gasteiger partial charge < -0.3 is 5.32 Å². The molecule has 0 aromatic heterocycles. The summed E-state index contributed by atoms with van der Waals surface area (Å²) in [7, 11) is -3.35. The van der Waals surface area contributed by atoms with Crippen LogP contribution in [0.4, 0.5) is 0 Å². The van der Waals surface area contributed by atoms with Crippen molar-refractivity contribution in [2.45, 2.75) is 50.5 Å². The van der Waals surface area contributed by atoms with Crippen LogP contribution in [0.5, 0.6) is 0 Å². The summed E-state index contributed by atoms with van der Waals surface area (Å²) in [4.78, 5) is 0.375. The molecule has 1 aromatic carbocycles. The zero-order chi connectivity index (χ0) is 15.3. The highest BCUT2D eigenvalue weighted by atomic mass is 32.2. The smallest absolute Gasteiger partial charge is 0.240 e. The fraction of sp³-hybridized carbons (Fsp3) is 0.625. The highest BCUT2D eigenvalue weighted by Crippen LogP contribution is 2.34. The molecular formula is C16H26N2O2S. The van der Waals surface area contributed by atoms with Crippen molar-refractivity contribution in [3.05, 3.63) is 29.8 Å². The Bertz CT molecular complexity index is 540. The number of sulfonamides is 1. The second kappa shape index (κ2) is 7.38. The molecule has 0 spiro atoms. The lowest BCUT2D eigenvalue weighted by molar-refractivity contribution is 0.576. The van der Waals surface area contributed by atoms with Crippen molar-refractivity contribution in [1.29, 1.82) is 0 Å². The molecule has 0 radical (unpaired) electrons. The fourth-order valence-electron chi connectivity index (χ4n) is 2.54. The van der Waals surface area contributed by atoms with Crippen LogP contribution in [0, 0.1) is 5.92 Å². The number of hydrogen-bond acceptors (Lipinski definition) is 3. The lowest BCUT2D eigenvalue weighted by Gasteiger charge is -2.07. The van der Waals surface area contributed by atoms with E-state index in [1.807, 2.05) is 12.1 Å². The highest BCUT2D eigenvalue weighted by Gasteiger charge is 2.38. The van der Waals surface area contributed by atoms with E-state index in [4.69, 9.17) is 0 Å². The minimum atomic E-state index is -3.35. The number of hydrogen-bond donors (Lipinski definition) is 2. The van der Waals surface area contributed by atoms with Crippen molar-refractivity contribution in [3.63, 3.8) is 0 Å². The Balaban J connectivity index is 1.88. The van der Waals surface area contributed by atoms with Gasteiger partial charge >= 0.3 is 0 Å². The third-order valence-electron chi connectivity index (χ3n) is 4.06. The molecule has 0 saturated heterocycles. The standard InChI is InChI=1S/C16H26N2O2S/c1-3-14-12-16(14)18-21(19,20)15-9-7-13(8-10-15)6-5-11-17-4-2/h7-10,14,16-18H,3-6,11-12H2,1-2H3. The summed E-state index contributed by atoms with van der Waals surface area (Å²) in [6, 6.07) is 7.41. The van der Waals surface area contributed by atoms with E-state index in [1.54, 1.807) is 12.1 Å². The molecule has 0 aliphatic heterocycles. The molecule has 0 heterocycles. The lowest BCUT2D eigenvalue weighted by atomic mass is 10.1. The number of benzene rings is 1. The topological polar surface area (TPSA) is 58.2 Å². The van der Waals surface area contributed by atoms with Gasteiger partial charge in [0.25, 0.3) is 0 Å². The molecule has 5 heteroatoms. The molecule has 1 saturated carbocycles. The molecule has 1 aliphatic carbocycles. The summed E-state index contributed by atoms with van der Waals surface area (Å²) >= 11 is 0. The van der Waals surface area contributed by atoms with Gasteiger partial charge in [0.05, 0.1) is 4.90 Å². The van der Waals surface area contributed by atoms with Crippen LogP contribution < -0.4 is 10.0 Å². The first kappa shape index (κ1) is 16.5. The van der Waals surface area contributed by atoms with Gasteiger partial charge in [0.2, 0.25) is 10.0 Å². The van der Waals surface area contributed by atoms with E-state index in [9.17, 15) is 8.42 Å². The van der Waals surface area contributed by atoms with Crippen LogP contribution in [-0.4, -0.2) is 27.5 Å². The molecule has 2 unspecified atom stereocenters. The largest absolute Gasteiger partial charge is 0.317 e. The van der Waals surface area contributed by atoms with Crippen LogP contribution >= 0.6 is 0 Å². The molecule has 4 nitrogen and oxygen atoms in total. The van der Waals surface area contributed by atoms with Crippen molar-refractivity contribution in [2.75, 3.05) is 13.1 Å². The highest BCUT2D eigenvalue weighted by molar-refractivity contribution is 7.89. The van der Waals surface area contributed by atoms with Crippen LogP contribution in [0.3, 0.4) is 0 Å². The van der Waals surface area contributed by atoms with Gasteiger partial charge in [-0.1, -0.05) is 32.4 Å². The first-order valence-electron chi connectivity index (χ1n) is 7.88. The molecule has 1 aromatic rings. The third kappa shape index (κ3) is 4.80. The molecule has 2 N–H and O–H groups in total. The molecule has 1 aliphatic rings. The minimum absolute atomic E-state index is 0.139. The van der Waals surface area contributed by atoms with Gasteiger partial charge in [0.15, 0.2) is 0 Å². The lowest BCUT2D eigenvalue weighted by Crippen LogP contribution is -2.27. The molecule has 0 bridgehead atoms. The maximum Gasteiger partial charge on any atom is 0.240 e. The predicted molar refractivity (Wildman–Crippen MR) is 85.8 cm³/mol. The van der Waals surface area contributed by atoms with Gasteiger partial charge in [-0.05, 0) is 56.0 Å². The Hall–Kier alpha value is -0.910. The van der Waals surface area contributed by atoms with Crippen molar-refractivity contribution in [2.24, 2.45) is 5.92 Å². The van der Waals surface area contributed by atoms with Gasteiger partial charge in [-0.3, -0.25) is 0 Å². The van der Waals surface area contributed by atoms with Gasteiger partial charge in [0.1, 0.15) is 0 Å². The summed E-state index contributed by atoms with van der Waals surface area (Å²) < 4.78 is 27.3. The average molecular weight is 310 g/mol. The first-order chi connectivity index (χ1) is 10.1. The normalized spacial score (nSPS) is 21.4. The number of rotatable bonds is 9. The van der Waals surface area contributed by atoms with Crippen LogP contribution in [0.1, 0.15) is 38.7 Å². The van der Waals surface area contributed by atoms with E-state index < -0.39 is 10.0 Å². The van der Waals surface area contributed by atoms with Gasteiger partial charge in [0, 0.05) is 6.04 Å². The second-order valence-electron chi connectivity index (χ2n) is 5.73. The van der Waals surface area contributed by atoms with E-state index in [-0.39, 0.29) is 6.04 Å². The van der Waals surface area contributed by atoms with Gasteiger partial charge in [-0.25, -0.2) is 13.1 Å². The van der Waals surface area contributed by atoms with Crippen LogP contribution in [0.15, 0.2) is 29.2 Å². The Morgan fingerprint density at radius 2 is 1.90 bits per heavy atom. The first-order valence-corrected chi connectivity index (χ1v) is 9.37. The SMILES string of the molecule is CCNCCCc1ccc(S(=O)(=O)NC2CC2CC)cc1. The summed E-state index contributed by atoms with van der Waals surface area (Å²) in [5, 5.41) is 3.29. The van der Waals surface area contributed by atoms with E-state index in [0.717, 1.165) is 38.8 Å². The van der Waals surface area contributed by atoms with Crippen molar-refractivity contribution >= 4 is 10.0 Å².